The van der Waals surface area contributed by atoms with Crippen LogP contribution in [0.3, 0.4) is 0 Å². The number of hydrogen-bond donors (Lipinski definition) is 1. The van der Waals surface area contributed by atoms with E-state index < -0.39 is 6.09 Å². The van der Waals surface area contributed by atoms with Gasteiger partial charge < -0.3 is 24.2 Å². The van der Waals surface area contributed by atoms with Gasteiger partial charge in [-0.05, 0) is 41.8 Å². The fourth-order valence-corrected chi connectivity index (χ4v) is 3.73. The van der Waals surface area contributed by atoms with Crippen LogP contribution in [0.5, 0.6) is 11.5 Å². The molecule has 1 fully saturated rings. The van der Waals surface area contributed by atoms with Crippen molar-refractivity contribution in [2.75, 3.05) is 26.3 Å². The topological polar surface area (TPSA) is 68.2 Å². The molecule has 0 aromatic heterocycles. The van der Waals surface area contributed by atoms with E-state index in [-0.39, 0.29) is 24.4 Å². The first-order valence-electron chi connectivity index (χ1n) is 9.33. The fraction of sp³-hybridized carbons (Fsp3) is 0.381. The van der Waals surface area contributed by atoms with Gasteiger partial charge in [0.1, 0.15) is 19.0 Å². The molecule has 1 N–H and O–H groups in total. The zero-order chi connectivity index (χ0) is 19.5. The molecule has 1 saturated heterocycles. The predicted octanol–water partition coefficient (Wildman–Crippen LogP) is 3.65. The summed E-state index contributed by atoms with van der Waals surface area (Å²) in [6.45, 7) is 2.09. The number of likely N-dealkylation sites (tertiary alicyclic amines) is 1. The standard InChI is InChI=1S/C21H22FNO5/c22-16-4-2-15(3-5-16)17-7-8-23(21(24)25)12-20(17)28-13-14-1-6-18-19(11-14)27-10-9-26-18/h1-6,11,17,20H,7-10,12-13H2,(H,24,25). The lowest BCUT2D eigenvalue weighted by molar-refractivity contribution is -0.0200. The molecule has 2 aromatic rings. The first-order valence-corrected chi connectivity index (χ1v) is 9.33. The van der Waals surface area contributed by atoms with Gasteiger partial charge in [-0.3, -0.25) is 0 Å². The molecule has 2 unspecified atom stereocenters. The number of nitrogens with zero attached hydrogens (tertiary/aromatic N) is 1. The summed E-state index contributed by atoms with van der Waals surface area (Å²) >= 11 is 0. The molecule has 0 radical (unpaired) electrons. The van der Waals surface area contributed by atoms with Crippen molar-refractivity contribution >= 4 is 6.09 Å². The molecule has 0 spiro atoms. The SMILES string of the molecule is O=C(O)N1CCC(c2ccc(F)cc2)C(OCc2ccc3c(c2)OCCO3)C1. The Morgan fingerprint density at radius 1 is 1.14 bits per heavy atom. The molecule has 2 aliphatic heterocycles. The Morgan fingerprint density at radius 3 is 2.64 bits per heavy atom. The third-order valence-corrected chi connectivity index (χ3v) is 5.20. The Labute approximate surface area is 162 Å². The number of carbonyl (C=O) groups is 1. The zero-order valence-electron chi connectivity index (χ0n) is 15.3. The van der Waals surface area contributed by atoms with Crippen molar-refractivity contribution in [3.63, 3.8) is 0 Å². The van der Waals surface area contributed by atoms with Crippen molar-refractivity contribution in [1.29, 1.82) is 0 Å². The molecule has 2 aromatic carbocycles. The van der Waals surface area contributed by atoms with Crippen LogP contribution in [0.15, 0.2) is 42.5 Å². The maximum atomic E-state index is 13.3. The second-order valence-corrected chi connectivity index (χ2v) is 7.00. The largest absolute Gasteiger partial charge is 0.486 e. The molecule has 1 amide bonds. The number of benzene rings is 2. The number of hydrogen-bond acceptors (Lipinski definition) is 4. The minimum absolute atomic E-state index is 0.00779. The molecule has 148 valence electrons. The Hall–Kier alpha value is -2.80. The van der Waals surface area contributed by atoms with Gasteiger partial charge in [-0.1, -0.05) is 18.2 Å². The lowest BCUT2D eigenvalue weighted by Crippen LogP contribution is -2.46. The van der Waals surface area contributed by atoms with E-state index in [4.69, 9.17) is 14.2 Å². The second-order valence-electron chi connectivity index (χ2n) is 7.00. The lowest BCUT2D eigenvalue weighted by Gasteiger charge is -2.37. The molecular formula is C21H22FNO5. The maximum absolute atomic E-state index is 13.3. The Bertz CT molecular complexity index is 841. The molecule has 0 bridgehead atoms. The number of rotatable bonds is 4. The predicted molar refractivity (Wildman–Crippen MR) is 99.4 cm³/mol. The highest BCUT2D eigenvalue weighted by Crippen LogP contribution is 2.33. The van der Waals surface area contributed by atoms with Gasteiger partial charge in [0.05, 0.1) is 19.3 Å². The molecule has 0 aliphatic carbocycles. The molecular weight excluding hydrogens is 365 g/mol. The van der Waals surface area contributed by atoms with E-state index in [1.807, 2.05) is 18.2 Å². The van der Waals surface area contributed by atoms with E-state index in [9.17, 15) is 14.3 Å². The van der Waals surface area contributed by atoms with E-state index in [1.165, 1.54) is 17.0 Å². The van der Waals surface area contributed by atoms with E-state index in [1.54, 1.807) is 12.1 Å². The number of ether oxygens (including phenoxy) is 3. The average Bonchev–Trinajstić information content (AvgIpc) is 2.72. The van der Waals surface area contributed by atoms with E-state index in [0.717, 1.165) is 11.1 Å². The highest BCUT2D eigenvalue weighted by molar-refractivity contribution is 5.65. The molecule has 2 aliphatic rings. The quantitative estimate of drug-likeness (QED) is 0.867. The summed E-state index contributed by atoms with van der Waals surface area (Å²) < 4.78 is 30.6. The molecule has 6 nitrogen and oxygen atoms in total. The van der Waals surface area contributed by atoms with Crippen molar-refractivity contribution in [2.24, 2.45) is 0 Å². The maximum Gasteiger partial charge on any atom is 0.407 e. The highest BCUT2D eigenvalue weighted by Gasteiger charge is 2.33. The summed E-state index contributed by atoms with van der Waals surface area (Å²) in [5.41, 5.74) is 1.88. The Morgan fingerprint density at radius 2 is 1.89 bits per heavy atom. The van der Waals surface area contributed by atoms with Crippen molar-refractivity contribution < 1.29 is 28.5 Å². The van der Waals surface area contributed by atoms with Crippen molar-refractivity contribution in [1.82, 2.24) is 4.90 Å². The van der Waals surface area contributed by atoms with Gasteiger partial charge in [0, 0.05) is 12.5 Å². The Kier molecular flexibility index (Phi) is 5.34. The smallest absolute Gasteiger partial charge is 0.407 e. The van der Waals surface area contributed by atoms with Crippen LogP contribution in [0.25, 0.3) is 0 Å². The Balaban J connectivity index is 1.49. The van der Waals surface area contributed by atoms with Crippen LogP contribution in [0.4, 0.5) is 9.18 Å². The third-order valence-electron chi connectivity index (χ3n) is 5.20. The van der Waals surface area contributed by atoms with Gasteiger partial charge in [0.25, 0.3) is 0 Å². The fourth-order valence-electron chi connectivity index (χ4n) is 3.73. The molecule has 2 atom stereocenters. The number of fused-ring (bicyclic) bond motifs is 1. The second kappa shape index (κ2) is 8.06. The van der Waals surface area contributed by atoms with E-state index in [0.29, 0.717) is 44.3 Å². The van der Waals surface area contributed by atoms with Gasteiger partial charge in [0.15, 0.2) is 11.5 Å². The molecule has 4 rings (SSSR count). The van der Waals surface area contributed by atoms with Crippen LogP contribution in [-0.4, -0.2) is 48.5 Å². The zero-order valence-corrected chi connectivity index (χ0v) is 15.3. The first-order chi connectivity index (χ1) is 13.6. The average molecular weight is 387 g/mol. The van der Waals surface area contributed by atoms with E-state index >= 15 is 0 Å². The summed E-state index contributed by atoms with van der Waals surface area (Å²) in [7, 11) is 0. The summed E-state index contributed by atoms with van der Waals surface area (Å²) in [5.74, 6) is 1.13. The highest BCUT2D eigenvalue weighted by atomic mass is 19.1. The minimum Gasteiger partial charge on any atom is -0.486 e. The summed E-state index contributed by atoms with van der Waals surface area (Å²) in [6, 6.07) is 12.0. The summed E-state index contributed by atoms with van der Waals surface area (Å²) in [4.78, 5) is 12.8. The molecule has 0 saturated carbocycles. The normalized spacial score (nSPS) is 21.4. The number of piperidine rings is 1. The number of carboxylic acid groups (broad SMARTS) is 1. The number of amides is 1. The minimum atomic E-state index is -0.953. The molecule has 28 heavy (non-hydrogen) atoms. The van der Waals surface area contributed by atoms with E-state index in [2.05, 4.69) is 0 Å². The lowest BCUT2D eigenvalue weighted by atomic mass is 9.87. The summed E-state index contributed by atoms with van der Waals surface area (Å²) in [5, 5.41) is 9.36. The van der Waals surface area contributed by atoms with Gasteiger partial charge in [-0.25, -0.2) is 9.18 Å². The van der Waals surface area contributed by atoms with Crippen LogP contribution in [0.1, 0.15) is 23.5 Å². The van der Waals surface area contributed by atoms with Crippen LogP contribution >= 0.6 is 0 Å². The van der Waals surface area contributed by atoms with Crippen molar-refractivity contribution in [2.45, 2.75) is 25.0 Å². The summed E-state index contributed by atoms with van der Waals surface area (Å²) in [6.07, 6.45) is -0.641. The number of halogens is 1. The van der Waals surface area contributed by atoms with Gasteiger partial charge in [-0.15, -0.1) is 0 Å². The van der Waals surface area contributed by atoms with Gasteiger partial charge in [-0.2, -0.15) is 0 Å². The van der Waals surface area contributed by atoms with Gasteiger partial charge in [0.2, 0.25) is 0 Å². The monoisotopic (exact) mass is 387 g/mol. The van der Waals surface area contributed by atoms with Crippen LogP contribution in [0, 0.1) is 5.82 Å². The van der Waals surface area contributed by atoms with Crippen LogP contribution in [0.2, 0.25) is 0 Å². The van der Waals surface area contributed by atoms with Crippen molar-refractivity contribution in [3.8, 4) is 11.5 Å². The van der Waals surface area contributed by atoms with Crippen LogP contribution < -0.4 is 9.47 Å². The molecule has 7 heteroatoms. The molecule has 2 heterocycles. The van der Waals surface area contributed by atoms with Crippen LogP contribution in [-0.2, 0) is 11.3 Å². The van der Waals surface area contributed by atoms with Crippen molar-refractivity contribution in [3.05, 3.63) is 59.4 Å². The third kappa shape index (κ3) is 4.04. The first kappa shape index (κ1) is 18.6. The van der Waals surface area contributed by atoms with Gasteiger partial charge >= 0.3 is 6.09 Å².